The Kier molecular flexibility index (Phi) is 5.37. The summed E-state index contributed by atoms with van der Waals surface area (Å²) in [5.74, 6) is -1.95. The summed E-state index contributed by atoms with van der Waals surface area (Å²) < 4.78 is 56.9. The maximum Gasteiger partial charge on any atom is 0.419 e. The number of anilines is 1. The monoisotopic (exact) mass is 470 g/mol. The lowest BCUT2D eigenvalue weighted by Gasteiger charge is -2.46. The van der Waals surface area contributed by atoms with Crippen LogP contribution < -0.4 is 10.9 Å². The molecule has 1 aliphatic rings. The van der Waals surface area contributed by atoms with Crippen molar-refractivity contribution in [3.8, 4) is 5.75 Å². The maximum atomic E-state index is 14.2. The molecule has 2 aromatic carbocycles. The quantitative estimate of drug-likeness (QED) is 0.388. The van der Waals surface area contributed by atoms with Crippen LogP contribution in [0.5, 0.6) is 5.75 Å². The Bertz CT molecular complexity index is 1260. The van der Waals surface area contributed by atoms with Gasteiger partial charge in [0, 0.05) is 22.7 Å². The number of hydrogen-bond donors (Lipinski definition) is 4. The summed E-state index contributed by atoms with van der Waals surface area (Å²) in [6, 6.07) is 5.33. The molecule has 1 aromatic heterocycles. The average molecular weight is 471 g/mol. The normalized spacial score (nSPS) is 23.2. The van der Waals surface area contributed by atoms with E-state index in [-0.39, 0.29) is 44.9 Å². The number of aromatic nitrogens is 1. The standard InChI is InChI=1S/C22H19ClF4N2O3/c1-2-10-9-21(32,22(25,26)27)20(13-3-5-14(23)19(31)18(10)13)29-16-8-11(24)7-15-12(16)4-6-17(30)28-15/h3-8,10,20,29,31-32H,2,9H2,1H3,(H,28,30)/t10-,20+,21+/m1/s1. The van der Waals surface area contributed by atoms with Gasteiger partial charge in [-0.1, -0.05) is 24.6 Å². The topological polar surface area (TPSA) is 85.4 Å². The van der Waals surface area contributed by atoms with Gasteiger partial charge in [0.05, 0.1) is 16.6 Å². The van der Waals surface area contributed by atoms with E-state index in [2.05, 4.69) is 10.3 Å². The summed E-state index contributed by atoms with van der Waals surface area (Å²) in [4.78, 5) is 14.0. The number of pyridine rings is 1. The lowest BCUT2D eigenvalue weighted by atomic mass is 9.69. The molecular formula is C22H19ClF4N2O3. The van der Waals surface area contributed by atoms with E-state index in [1.165, 1.54) is 18.2 Å². The highest BCUT2D eigenvalue weighted by Gasteiger charge is 2.62. The minimum atomic E-state index is -5.04. The first-order chi connectivity index (χ1) is 15.0. The van der Waals surface area contributed by atoms with Gasteiger partial charge in [-0.2, -0.15) is 13.2 Å². The third-order valence-electron chi connectivity index (χ3n) is 6.04. The van der Waals surface area contributed by atoms with E-state index < -0.39 is 41.5 Å². The van der Waals surface area contributed by atoms with Crippen LogP contribution in [0.3, 0.4) is 0 Å². The lowest BCUT2D eigenvalue weighted by Crippen LogP contribution is -2.55. The van der Waals surface area contributed by atoms with Crippen molar-refractivity contribution in [2.45, 2.75) is 43.5 Å². The number of benzene rings is 2. The number of phenolic OH excluding ortho intramolecular Hbond substituents is 1. The number of fused-ring (bicyclic) bond motifs is 2. The third kappa shape index (κ3) is 3.49. The molecule has 3 aromatic rings. The Morgan fingerprint density at radius 1 is 1.25 bits per heavy atom. The van der Waals surface area contributed by atoms with Crippen LogP contribution in [0.15, 0.2) is 41.2 Å². The fraction of sp³-hybridized carbons (Fsp3) is 0.318. The largest absolute Gasteiger partial charge is 0.506 e. The summed E-state index contributed by atoms with van der Waals surface area (Å²) in [7, 11) is 0. The zero-order chi connectivity index (χ0) is 23.4. The van der Waals surface area contributed by atoms with Gasteiger partial charge >= 0.3 is 6.18 Å². The molecule has 4 rings (SSSR count). The van der Waals surface area contributed by atoms with E-state index >= 15 is 0 Å². The van der Waals surface area contributed by atoms with Crippen molar-refractivity contribution in [2.24, 2.45) is 0 Å². The molecule has 0 aliphatic heterocycles. The smallest absolute Gasteiger partial charge is 0.419 e. The number of phenols is 1. The highest BCUT2D eigenvalue weighted by Crippen LogP contribution is 2.56. The third-order valence-corrected chi connectivity index (χ3v) is 6.35. The molecule has 1 heterocycles. The summed E-state index contributed by atoms with van der Waals surface area (Å²) in [6.07, 6.45) is -5.55. The second-order valence-corrected chi connectivity index (χ2v) is 8.35. The van der Waals surface area contributed by atoms with E-state index in [9.17, 15) is 32.6 Å². The van der Waals surface area contributed by atoms with E-state index in [1.807, 2.05) is 0 Å². The number of aliphatic hydroxyl groups is 1. The first-order valence-electron chi connectivity index (χ1n) is 9.85. The van der Waals surface area contributed by atoms with Crippen molar-refractivity contribution >= 4 is 28.2 Å². The molecule has 0 unspecified atom stereocenters. The first kappa shape index (κ1) is 22.4. The molecule has 10 heteroatoms. The highest BCUT2D eigenvalue weighted by atomic mass is 35.5. The van der Waals surface area contributed by atoms with E-state index in [0.717, 1.165) is 18.2 Å². The average Bonchev–Trinajstić information content (AvgIpc) is 2.70. The van der Waals surface area contributed by atoms with E-state index in [1.54, 1.807) is 6.92 Å². The maximum absolute atomic E-state index is 14.2. The van der Waals surface area contributed by atoms with Crippen LogP contribution >= 0.6 is 11.6 Å². The van der Waals surface area contributed by atoms with Crippen LogP contribution in [0, 0.1) is 5.82 Å². The number of rotatable bonds is 3. The lowest BCUT2D eigenvalue weighted by molar-refractivity contribution is -0.272. The summed E-state index contributed by atoms with van der Waals surface area (Å²) in [6.45, 7) is 1.65. The van der Waals surface area contributed by atoms with Gasteiger partial charge in [0.2, 0.25) is 5.56 Å². The molecule has 0 saturated heterocycles. The second-order valence-electron chi connectivity index (χ2n) is 7.94. The second kappa shape index (κ2) is 7.67. The predicted molar refractivity (Wildman–Crippen MR) is 113 cm³/mol. The number of aromatic amines is 1. The Balaban J connectivity index is 1.96. The van der Waals surface area contributed by atoms with Crippen LogP contribution in [0.1, 0.15) is 42.9 Å². The van der Waals surface area contributed by atoms with Crippen molar-refractivity contribution < 1.29 is 27.8 Å². The molecule has 0 spiro atoms. The van der Waals surface area contributed by atoms with Gasteiger partial charge in [-0.3, -0.25) is 4.79 Å². The Labute approximate surface area is 184 Å². The van der Waals surface area contributed by atoms with Gasteiger partial charge in [0.1, 0.15) is 11.6 Å². The van der Waals surface area contributed by atoms with Gasteiger partial charge in [-0.05, 0) is 48.6 Å². The summed E-state index contributed by atoms with van der Waals surface area (Å²) in [5.41, 5.74) is -3.49. The van der Waals surface area contributed by atoms with Gasteiger partial charge in [0.25, 0.3) is 0 Å². The van der Waals surface area contributed by atoms with Crippen LogP contribution in [-0.4, -0.2) is 27.0 Å². The molecule has 0 amide bonds. The van der Waals surface area contributed by atoms with Crippen LogP contribution in [0.25, 0.3) is 10.9 Å². The molecule has 1 aliphatic carbocycles. The predicted octanol–water partition coefficient (Wildman–Crippen LogP) is 5.37. The van der Waals surface area contributed by atoms with Crippen molar-refractivity contribution in [3.05, 3.63) is 68.7 Å². The van der Waals surface area contributed by atoms with Crippen molar-refractivity contribution in [1.82, 2.24) is 4.98 Å². The molecule has 3 atom stereocenters. The summed E-state index contributed by atoms with van der Waals surface area (Å²) in [5, 5.41) is 24.4. The molecule has 0 fully saturated rings. The van der Waals surface area contributed by atoms with Gasteiger partial charge in [0.15, 0.2) is 5.60 Å². The van der Waals surface area contributed by atoms with Crippen LogP contribution in [0.4, 0.5) is 23.2 Å². The minimum absolute atomic E-state index is 0.00617. The molecular weight excluding hydrogens is 452 g/mol. The van der Waals surface area contributed by atoms with Crippen molar-refractivity contribution in [1.29, 1.82) is 0 Å². The Hall–Kier alpha value is -2.78. The minimum Gasteiger partial charge on any atom is -0.506 e. The number of hydrogen-bond acceptors (Lipinski definition) is 4. The first-order valence-corrected chi connectivity index (χ1v) is 10.2. The molecule has 5 nitrogen and oxygen atoms in total. The highest BCUT2D eigenvalue weighted by molar-refractivity contribution is 6.32. The zero-order valence-corrected chi connectivity index (χ0v) is 17.5. The van der Waals surface area contributed by atoms with Gasteiger partial charge in [-0.15, -0.1) is 0 Å². The van der Waals surface area contributed by atoms with Crippen molar-refractivity contribution in [2.75, 3.05) is 5.32 Å². The SMILES string of the molecule is CC[C@@H]1C[C@@](O)(C(F)(F)F)[C@@H](Nc2cc(F)cc3[nH]c(=O)ccc23)c2ccc(Cl)c(O)c21. The fourth-order valence-corrected chi connectivity index (χ4v) is 4.63. The Morgan fingerprint density at radius 2 is 1.97 bits per heavy atom. The number of halogens is 5. The number of aromatic hydroxyl groups is 1. The van der Waals surface area contributed by atoms with Gasteiger partial charge < -0.3 is 20.5 Å². The molecule has 0 radical (unpaired) electrons. The number of H-pyrrole nitrogens is 1. The van der Waals surface area contributed by atoms with Crippen LogP contribution in [-0.2, 0) is 0 Å². The number of alkyl halides is 3. The van der Waals surface area contributed by atoms with E-state index in [4.69, 9.17) is 11.6 Å². The molecule has 32 heavy (non-hydrogen) atoms. The van der Waals surface area contributed by atoms with E-state index in [0.29, 0.717) is 0 Å². The van der Waals surface area contributed by atoms with Crippen LogP contribution in [0.2, 0.25) is 5.02 Å². The molecule has 0 bridgehead atoms. The number of nitrogens with one attached hydrogen (secondary N) is 2. The fourth-order valence-electron chi connectivity index (χ4n) is 4.46. The molecule has 170 valence electrons. The van der Waals surface area contributed by atoms with Gasteiger partial charge in [-0.25, -0.2) is 4.39 Å². The summed E-state index contributed by atoms with van der Waals surface area (Å²) >= 11 is 6.01. The molecule has 4 N–H and O–H groups in total. The Morgan fingerprint density at radius 3 is 2.62 bits per heavy atom. The zero-order valence-electron chi connectivity index (χ0n) is 16.7. The van der Waals surface area contributed by atoms with Crippen molar-refractivity contribution in [3.63, 3.8) is 0 Å². The molecule has 0 saturated carbocycles.